The molecular formula is C16H14N2O5S. The number of hydrogen-bond donors (Lipinski definition) is 1. The molecule has 3 aromatic heterocycles. The Bertz CT molecular complexity index is 1010. The van der Waals surface area contributed by atoms with E-state index >= 15 is 0 Å². The van der Waals surface area contributed by atoms with Gasteiger partial charge in [0.05, 0.1) is 16.5 Å². The number of ether oxygens (including phenoxy) is 1. The van der Waals surface area contributed by atoms with Crippen LogP contribution >= 0.6 is 11.3 Å². The van der Waals surface area contributed by atoms with Crippen molar-refractivity contribution in [3.05, 3.63) is 50.3 Å². The number of fused-ring (bicyclic) bond motifs is 1. The number of esters is 1. The number of nitrogens with one attached hydrogen (secondary N) is 1. The molecule has 0 radical (unpaired) electrons. The van der Waals surface area contributed by atoms with Crippen molar-refractivity contribution in [3.63, 3.8) is 0 Å². The largest absolute Gasteiger partial charge is 0.469 e. The summed E-state index contributed by atoms with van der Waals surface area (Å²) in [7, 11) is 0. The Morgan fingerprint density at radius 2 is 2.12 bits per heavy atom. The minimum absolute atomic E-state index is 0.113. The van der Waals surface area contributed by atoms with Crippen molar-refractivity contribution in [1.29, 1.82) is 0 Å². The highest BCUT2D eigenvalue weighted by Crippen LogP contribution is 2.27. The first-order valence-electron chi connectivity index (χ1n) is 7.13. The van der Waals surface area contributed by atoms with Crippen LogP contribution in [0.4, 0.5) is 0 Å². The number of aromatic amines is 1. The Labute approximate surface area is 140 Å². The van der Waals surface area contributed by atoms with Crippen LogP contribution in [0, 0.1) is 13.8 Å². The second-order valence-electron chi connectivity index (χ2n) is 5.27. The van der Waals surface area contributed by atoms with Gasteiger partial charge in [0, 0.05) is 0 Å². The lowest BCUT2D eigenvalue weighted by atomic mass is 10.2. The molecule has 8 heteroatoms. The molecule has 3 aromatic rings. The molecule has 0 atom stereocenters. The third-order valence-corrected chi connectivity index (χ3v) is 4.87. The molecule has 0 aromatic carbocycles. The molecule has 3 rings (SSSR count). The van der Waals surface area contributed by atoms with Crippen molar-refractivity contribution in [3.8, 4) is 0 Å². The number of rotatable bonds is 4. The average Bonchev–Trinajstić information content (AvgIpc) is 3.09. The van der Waals surface area contributed by atoms with Gasteiger partial charge in [-0.3, -0.25) is 9.59 Å². The van der Waals surface area contributed by atoms with Crippen LogP contribution in [0.3, 0.4) is 0 Å². The number of carbonyl (C=O) groups excluding carboxylic acids is 2. The first-order valence-corrected chi connectivity index (χ1v) is 7.94. The first kappa shape index (κ1) is 16.1. The molecule has 0 fully saturated rings. The fourth-order valence-electron chi connectivity index (χ4n) is 2.40. The highest BCUT2D eigenvalue weighted by molar-refractivity contribution is 7.20. The Hall–Kier alpha value is -2.74. The molecule has 0 aliphatic rings. The van der Waals surface area contributed by atoms with E-state index in [2.05, 4.69) is 9.97 Å². The van der Waals surface area contributed by atoms with E-state index in [0.717, 1.165) is 11.3 Å². The number of aryl methyl sites for hydroxylation is 2. The van der Waals surface area contributed by atoms with Crippen LogP contribution in [-0.4, -0.2) is 21.7 Å². The number of Topliss-reactive ketones (excluding diaryl/α,β-unsaturated/α-hetero) is 1. The Morgan fingerprint density at radius 3 is 2.75 bits per heavy atom. The van der Waals surface area contributed by atoms with E-state index < -0.39 is 5.97 Å². The van der Waals surface area contributed by atoms with Gasteiger partial charge in [0.1, 0.15) is 28.6 Å². The summed E-state index contributed by atoms with van der Waals surface area (Å²) in [4.78, 5) is 43.6. The number of nitrogens with zero attached hydrogens (tertiary/aromatic N) is 1. The molecule has 1 N–H and O–H groups in total. The van der Waals surface area contributed by atoms with Crippen LogP contribution in [0.5, 0.6) is 0 Å². The van der Waals surface area contributed by atoms with Crippen molar-refractivity contribution >= 4 is 33.3 Å². The van der Waals surface area contributed by atoms with Gasteiger partial charge in [-0.1, -0.05) is 0 Å². The third kappa shape index (κ3) is 2.76. The second-order valence-corrected chi connectivity index (χ2v) is 6.27. The quantitative estimate of drug-likeness (QED) is 0.575. The van der Waals surface area contributed by atoms with Crippen LogP contribution in [-0.2, 0) is 11.3 Å². The summed E-state index contributed by atoms with van der Waals surface area (Å²) in [6, 6.07) is 1.51. The number of hydrogen-bond acceptors (Lipinski definition) is 7. The highest BCUT2D eigenvalue weighted by atomic mass is 32.1. The van der Waals surface area contributed by atoms with E-state index in [0.29, 0.717) is 32.0 Å². The van der Waals surface area contributed by atoms with Gasteiger partial charge in [-0.2, -0.15) is 0 Å². The molecule has 124 valence electrons. The summed E-state index contributed by atoms with van der Waals surface area (Å²) in [5.41, 5.74) is 0.588. The summed E-state index contributed by atoms with van der Waals surface area (Å²) in [5, 5.41) is 0.394. The molecule has 24 heavy (non-hydrogen) atoms. The van der Waals surface area contributed by atoms with Crippen LogP contribution in [0.1, 0.15) is 44.1 Å². The Kier molecular flexibility index (Phi) is 4.06. The summed E-state index contributed by atoms with van der Waals surface area (Å²) in [5.74, 6) is 0.00401. The Balaban J connectivity index is 1.88. The average molecular weight is 346 g/mol. The van der Waals surface area contributed by atoms with E-state index in [9.17, 15) is 14.4 Å². The van der Waals surface area contributed by atoms with Crippen LogP contribution < -0.4 is 5.56 Å². The van der Waals surface area contributed by atoms with Crippen molar-refractivity contribution in [1.82, 2.24) is 9.97 Å². The van der Waals surface area contributed by atoms with Crippen molar-refractivity contribution in [2.45, 2.75) is 27.4 Å². The standard InChI is InChI=1S/C16H14N2O5S/c1-7-12-14(20)17-11(18-15(12)24-13(7)8(2)19)6-23-16(21)10-4-5-22-9(10)3/h4-5H,6H2,1-3H3,(H,17,18,20). The van der Waals surface area contributed by atoms with Gasteiger partial charge in [0.2, 0.25) is 0 Å². The molecule has 7 nitrogen and oxygen atoms in total. The predicted octanol–water partition coefficient (Wildman–Crippen LogP) is 2.75. The first-order chi connectivity index (χ1) is 11.4. The monoisotopic (exact) mass is 346 g/mol. The van der Waals surface area contributed by atoms with Gasteiger partial charge in [-0.15, -0.1) is 11.3 Å². The molecule has 0 saturated heterocycles. The minimum atomic E-state index is -0.559. The summed E-state index contributed by atoms with van der Waals surface area (Å²) < 4.78 is 10.2. The van der Waals surface area contributed by atoms with Gasteiger partial charge in [0.15, 0.2) is 5.78 Å². The van der Waals surface area contributed by atoms with E-state index in [1.807, 2.05) is 0 Å². The van der Waals surface area contributed by atoms with E-state index in [-0.39, 0.29) is 23.8 Å². The molecule has 0 amide bonds. The van der Waals surface area contributed by atoms with Crippen molar-refractivity contribution < 1.29 is 18.7 Å². The zero-order chi connectivity index (χ0) is 17.4. The molecule has 0 saturated carbocycles. The van der Waals surface area contributed by atoms with Gasteiger partial charge >= 0.3 is 5.97 Å². The lowest BCUT2D eigenvalue weighted by molar-refractivity contribution is 0.0460. The van der Waals surface area contributed by atoms with Crippen molar-refractivity contribution in [2.75, 3.05) is 0 Å². The maximum atomic E-state index is 12.2. The lowest BCUT2D eigenvalue weighted by Gasteiger charge is -2.03. The Morgan fingerprint density at radius 1 is 1.38 bits per heavy atom. The molecule has 0 unspecified atom stereocenters. The summed E-state index contributed by atoms with van der Waals surface area (Å²) in [6.45, 7) is 4.64. The topological polar surface area (TPSA) is 102 Å². The van der Waals surface area contributed by atoms with Gasteiger partial charge in [-0.05, 0) is 32.4 Å². The summed E-state index contributed by atoms with van der Waals surface area (Å²) >= 11 is 1.16. The second kappa shape index (κ2) is 6.04. The van der Waals surface area contributed by atoms with Gasteiger partial charge in [-0.25, -0.2) is 9.78 Å². The smallest absolute Gasteiger partial charge is 0.342 e. The normalized spacial score (nSPS) is 11.0. The number of H-pyrrole nitrogens is 1. The molecular weight excluding hydrogens is 332 g/mol. The van der Waals surface area contributed by atoms with Crippen molar-refractivity contribution in [2.24, 2.45) is 0 Å². The number of ketones is 1. The molecule has 0 bridgehead atoms. The molecule has 0 aliphatic heterocycles. The molecule has 0 spiro atoms. The number of aromatic nitrogens is 2. The maximum Gasteiger partial charge on any atom is 0.342 e. The number of carbonyl (C=O) groups is 2. The lowest BCUT2D eigenvalue weighted by Crippen LogP contribution is -2.14. The maximum absolute atomic E-state index is 12.2. The molecule has 0 aliphatic carbocycles. The van der Waals surface area contributed by atoms with Crippen LogP contribution in [0.2, 0.25) is 0 Å². The van der Waals surface area contributed by atoms with E-state index in [1.54, 1.807) is 13.8 Å². The highest BCUT2D eigenvalue weighted by Gasteiger charge is 2.18. The van der Waals surface area contributed by atoms with Gasteiger partial charge < -0.3 is 14.1 Å². The van der Waals surface area contributed by atoms with E-state index in [4.69, 9.17) is 9.15 Å². The van der Waals surface area contributed by atoms with Gasteiger partial charge in [0.25, 0.3) is 5.56 Å². The van der Waals surface area contributed by atoms with Crippen LogP contribution in [0.25, 0.3) is 10.2 Å². The predicted molar refractivity (Wildman–Crippen MR) is 87.5 cm³/mol. The number of furan rings is 1. The molecule has 3 heterocycles. The fourth-order valence-corrected chi connectivity index (χ4v) is 3.50. The SMILES string of the molecule is CC(=O)c1sc2nc(COC(=O)c3ccoc3C)[nH]c(=O)c2c1C. The fraction of sp³-hybridized carbons (Fsp3) is 0.250. The van der Waals surface area contributed by atoms with Crippen LogP contribution in [0.15, 0.2) is 21.5 Å². The van der Waals surface area contributed by atoms with E-state index in [1.165, 1.54) is 19.3 Å². The summed E-state index contributed by atoms with van der Waals surface area (Å²) in [6.07, 6.45) is 1.40. The zero-order valence-corrected chi connectivity index (χ0v) is 14.1. The zero-order valence-electron chi connectivity index (χ0n) is 13.3. The third-order valence-electron chi connectivity index (χ3n) is 3.59. The number of thiophene rings is 1. The minimum Gasteiger partial charge on any atom is -0.469 e.